The van der Waals surface area contributed by atoms with E-state index in [1.165, 1.54) is 9.80 Å². The summed E-state index contributed by atoms with van der Waals surface area (Å²) < 4.78 is 38.9. The van der Waals surface area contributed by atoms with E-state index >= 15 is 0 Å². The van der Waals surface area contributed by atoms with Crippen LogP contribution in [0.3, 0.4) is 0 Å². The van der Waals surface area contributed by atoms with Gasteiger partial charge in [-0.2, -0.15) is 0 Å². The van der Waals surface area contributed by atoms with Gasteiger partial charge in [0, 0.05) is 19.0 Å². The van der Waals surface area contributed by atoms with Crippen molar-refractivity contribution in [1.82, 2.24) is 25.2 Å². The summed E-state index contributed by atoms with van der Waals surface area (Å²) in [5, 5.41) is 4.86. The van der Waals surface area contributed by atoms with Crippen molar-refractivity contribution < 1.29 is 41.9 Å². The lowest BCUT2D eigenvalue weighted by atomic mass is 10.0. The van der Waals surface area contributed by atoms with E-state index in [9.17, 15) is 32.4 Å². The Morgan fingerprint density at radius 2 is 1.64 bits per heavy atom. The first-order valence-corrected chi connectivity index (χ1v) is 20.6. The Balaban J connectivity index is 1.22. The quantitative estimate of drug-likeness (QED) is 0.344. The highest BCUT2D eigenvalue weighted by Gasteiger charge is 2.62. The maximum atomic E-state index is 14.4. The monoisotopic (exact) mass is 777 g/mol. The maximum Gasteiger partial charge on any atom is 0.410 e. The number of alkyl carbamates (subject to hydrolysis) is 1. The lowest BCUT2D eigenvalue weighted by Gasteiger charge is -2.41. The van der Waals surface area contributed by atoms with E-state index < -0.39 is 74.3 Å². The summed E-state index contributed by atoms with van der Waals surface area (Å²) in [4.78, 5) is 71.4. The van der Waals surface area contributed by atoms with Gasteiger partial charge in [0.1, 0.15) is 29.8 Å². The number of carbonyl (C=O) groups excluding carboxylic acids is 5. The van der Waals surface area contributed by atoms with Gasteiger partial charge in [0.15, 0.2) is 0 Å². The van der Waals surface area contributed by atoms with Crippen LogP contribution in [0.4, 0.5) is 9.59 Å². The number of benzene rings is 2. The van der Waals surface area contributed by atoms with Crippen LogP contribution in [0.2, 0.25) is 0 Å². The molecule has 2 heterocycles. The van der Waals surface area contributed by atoms with Gasteiger partial charge in [-0.05, 0) is 76.0 Å². The molecule has 14 nitrogen and oxygen atoms in total. The van der Waals surface area contributed by atoms with E-state index in [0.717, 1.165) is 29.5 Å². The normalized spacial score (nSPS) is 25.5. The Kier molecular flexibility index (Phi) is 11.9. The van der Waals surface area contributed by atoms with E-state index in [-0.39, 0.29) is 39.1 Å². The minimum Gasteiger partial charge on any atom is -0.445 e. The first kappa shape index (κ1) is 39.8. The van der Waals surface area contributed by atoms with Gasteiger partial charge in [-0.15, -0.1) is 0 Å². The van der Waals surface area contributed by atoms with Gasteiger partial charge in [-0.3, -0.25) is 19.1 Å². The predicted octanol–water partition coefficient (Wildman–Crippen LogP) is 4.40. The molecule has 2 aliphatic heterocycles. The van der Waals surface area contributed by atoms with Crippen molar-refractivity contribution in [3.8, 4) is 11.1 Å². The molecule has 55 heavy (non-hydrogen) atoms. The van der Waals surface area contributed by atoms with Gasteiger partial charge >= 0.3 is 12.2 Å². The number of hydrogen-bond acceptors (Lipinski definition) is 9. The second-order valence-corrected chi connectivity index (χ2v) is 17.8. The molecular weight excluding hydrogens is 727 g/mol. The zero-order valence-electron chi connectivity index (χ0n) is 31.6. The van der Waals surface area contributed by atoms with Crippen molar-refractivity contribution in [3.05, 3.63) is 72.3 Å². The van der Waals surface area contributed by atoms with Gasteiger partial charge in [0.25, 0.3) is 5.91 Å². The summed E-state index contributed by atoms with van der Waals surface area (Å²) in [6, 6.07) is 15.2. The first-order valence-electron chi connectivity index (χ1n) is 19.1. The molecule has 3 fully saturated rings. The number of ether oxygens (including phenoxy) is 2. The molecule has 3 N–H and O–H groups in total. The highest BCUT2D eigenvalue weighted by molar-refractivity contribution is 7.91. The predicted molar refractivity (Wildman–Crippen MR) is 204 cm³/mol. The van der Waals surface area contributed by atoms with Crippen LogP contribution in [0.15, 0.2) is 66.7 Å². The molecule has 2 saturated carbocycles. The molecule has 4 aliphatic rings. The van der Waals surface area contributed by atoms with Crippen LogP contribution in [0.25, 0.3) is 11.1 Å². The first-order chi connectivity index (χ1) is 26.1. The van der Waals surface area contributed by atoms with E-state index in [0.29, 0.717) is 25.7 Å². The molecule has 2 aromatic carbocycles. The highest BCUT2D eigenvalue weighted by atomic mass is 32.2. The van der Waals surface area contributed by atoms with Gasteiger partial charge in [0.2, 0.25) is 21.8 Å². The van der Waals surface area contributed by atoms with E-state index in [2.05, 4.69) is 15.4 Å². The molecule has 1 saturated heterocycles. The zero-order chi connectivity index (χ0) is 39.4. The molecule has 0 bridgehead atoms. The minimum absolute atomic E-state index is 0.0292. The standard InChI is InChI=1S/C40H51N5O9S/c1-39(2,3)54-37(49)41-32-15-11-6-4-5-10-14-30-24-40(30,36(48)43-55(51,52)31-20-21-31)42-34(46)33-25-44(22-23-45(33)35(32)47)38(50)53-26-27-16-18-29(19-17-27)28-12-8-7-9-13-28/h7-10,12-14,16-19,30-33H,4-6,11,15,20-26H2,1-3H3,(H,41,49)(H,42,46)(H,43,48)/b14-10+/t30?,32-,33-,40-/m0/s1. The van der Waals surface area contributed by atoms with Crippen molar-refractivity contribution in [2.45, 2.75) is 107 Å². The molecule has 0 radical (unpaired) electrons. The Bertz CT molecular complexity index is 1890. The number of piperazine rings is 1. The van der Waals surface area contributed by atoms with Crippen molar-refractivity contribution >= 4 is 39.9 Å². The average Bonchev–Trinajstić information content (AvgIpc) is 4.08. The van der Waals surface area contributed by atoms with E-state index in [4.69, 9.17) is 9.47 Å². The van der Waals surface area contributed by atoms with Crippen LogP contribution >= 0.6 is 0 Å². The molecule has 1 unspecified atom stereocenters. The molecule has 5 amide bonds. The van der Waals surface area contributed by atoms with Crippen molar-refractivity contribution in [1.29, 1.82) is 0 Å². The molecule has 2 aliphatic carbocycles. The summed E-state index contributed by atoms with van der Waals surface area (Å²) >= 11 is 0. The van der Waals surface area contributed by atoms with Crippen LogP contribution in [0.1, 0.15) is 77.7 Å². The fourth-order valence-corrected chi connectivity index (χ4v) is 8.38. The van der Waals surface area contributed by atoms with Crippen LogP contribution in [0, 0.1) is 5.92 Å². The molecule has 296 valence electrons. The number of nitrogens with zero attached hydrogens (tertiary/aromatic N) is 2. The largest absolute Gasteiger partial charge is 0.445 e. The van der Waals surface area contributed by atoms with Crippen LogP contribution < -0.4 is 15.4 Å². The van der Waals surface area contributed by atoms with Crippen LogP contribution in [-0.2, 0) is 40.5 Å². The third-order valence-corrected chi connectivity index (χ3v) is 12.2. The molecule has 15 heteroatoms. The Morgan fingerprint density at radius 1 is 0.927 bits per heavy atom. The van der Waals surface area contributed by atoms with Crippen molar-refractivity contribution in [3.63, 3.8) is 0 Å². The van der Waals surface area contributed by atoms with Gasteiger partial charge in [-0.25, -0.2) is 18.0 Å². The second kappa shape index (κ2) is 16.4. The minimum atomic E-state index is -3.92. The Labute approximate surface area is 322 Å². The fraction of sp³-hybridized carbons (Fsp3) is 0.525. The lowest BCUT2D eigenvalue weighted by molar-refractivity contribution is -0.146. The van der Waals surface area contributed by atoms with Crippen molar-refractivity contribution in [2.75, 3.05) is 19.6 Å². The third-order valence-electron chi connectivity index (χ3n) is 10.3. The topological polar surface area (TPSA) is 181 Å². The van der Waals surface area contributed by atoms with Crippen LogP contribution in [0.5, 0.6) is 0 Å². The Hall–Kier alpha value is -4.92. The second-order valence-electron chi connectivity index (χ2n) is 15.8. The summed E-state index contributed by atoms with van der Waals surface area (Å²) in [5.74, 6) is -2.57. The number of hydrogen-bond donors (Lipinski definition) is 3. The SMILES string of the molecule is CC(C)(C)OC(=O)N[C@H]1CCCCC/C=C/C2C[C@]2(C(=O)NS(=O)(=O)C2CC2)NC(=O)[C@@H]2CN(C(=O)OCc3ccc(-c4ccccc4)cc3)CCN2C1=O. The number of fused-ring (bicyclic) bond motifs is 2. The number of sulfonamides is 1. The van der Waals surface area contributed by atoms with E-state index in [1.54, 1.807) is 20.8 Å². The molecule has 2 aromatic rings. The smallest absolute Gasteiger partial charge is 0.410 e. The number of nitrogens with one attached hydrogen (secondary N) is 3. The number of rotatable bonds is 7. The molecule has 0 spiro atoms. The summed E-state index contributed by atoms with van der Waals surface area (Å²) in [6.07, 6.45) is 6.43. The van der Waals surface area contributed by atoms with E-state index in [1.807, 2.05) is 66.7 Å². The zero-order valence-corrected chi connectivity index (χ0v) is 32.4. The van der Waals surface area contributed by atoms with Crippen molar-refractivity contribution in [2.24, 2.45) is 5.92 Å². The molecule has 0 aromatic heterocycles. The molecular formula is C40H51N5O9S. The highest BCUT2D eigenvalue weighted by Crippen LogP contribution is 2.46. The molecule has 6 rings (SSSR count). The maximum absolute atomic E-state index is 14.4. The summed E-state index contributed by atoms with van der Waals surface area (Å²) in [7, 11) is -3.92. The van der Waals surface area contributed by atoms with Crippen LogP contribution in [-0.4, -0.2) is 96.2 Å². The fourth-order valence-electron chi connectivity index (χ4n) is 7.02. The van der Waals surface area contributed by atoms with Gasteiger partial charge < -0.3 is 29.9 Å². The third kappa shape index (κ3) is 10.0. The summed E-state index contributed by atoms with van der Waals surface area (Å²) in [6.45, 7) is 4.82. The van der Waals surface area contributed by atoms with Gasteiger partial charge in [-0.1, -0.05) is 79.6 Å². The number of amides is 5. The molecule has 4 atom stereocenters. The number of allylic oxidation sites excluding steroid dienone is 1. The average molecular weight is 778 g/mol. The lowest BCUT2D eigenvalue weighted by Crippen LogP contribution is -2.66. The summed E-state index contributed by atoms with van der Waals surface area (Å²) in [5.41, 5.74) is 0.437. The number of carbonyl (C=O) groups is 5. The Morgan fingerprint density at radius 3 is 2.33 bits per heavy atom. The van der Waals surface area contributed by atoms with Gasteiger partial charge in [0.05, 0.1) is 11.8 Å².